The molecule has 0 aliphatic carbocycles. The number of aromatic nitrogens is 1. The van der Waals surface area contributed by atoms with E-state index < -0.39 is 12.0 Å². The second kappa shape index (κ2) is 6.42. The van der Waals surface area contributed by atoms with E-state index in [9.17, 15) is 4.79 Å². The van der Waals surface area contributed by atoms with Crippen molar-refractivity contribution in [1.29, 1.82) is 0 Å². The molecule has 1 rings (SSSR count). The number of carboxylic acid groups (broad SMARTS) is 1. The van der Waals surface area contributed by atoms with Crippen LogP contribution in [-0.2, 0) is 4.79 Å². The molecule has 0 radical (unpaired) electrons. The van der Waals surface area contributed by atoms with Gasteiger partial charge in [0.2, 0.25) is 0 Å². The normalized spacial score (nSPS) is 12.3. The Hall–Kier alpha value is -1.07. The first kappa shape index (κ1) is 12.0. The van der Waals surface area contributed by atoms with Gasteiger partial charge in [-0.1, -0.05) is 13.0 Å². The van der Waals surface area contributed by atoms with Gasteiger partial charge in [0, 0.05) is 11.9 Å². The highest BCUT2D eigenvalue weighted by molar-refractivity contribution is 7.99. The van der Waals surface area contributed by atoms with Crippen molar-refractivity contribution < 1.29 is 9.90 Å². The Morgan fingerprint density at radius 2 is 2.47 bits per heavy atom. The molecule has 0 aliphatic heterocycles. The summed E-state index contributed by atoms with van der Waals surface area (Å²) in [6.45, 7) is 2.54. The Morgan fingerprint density at radius 1 is 1.67 bits per heavy atom. The number of rotatable bonds is 6. The van der Waals surface area contributed by atoms with Crippen molar-refractivity contribution in [2.45, 2.75) is 18.0 Å². The molecule has 1 atom stereocenters. The van der Waals surface area contributed by atoms with Gasteiger partial charge < -0.3 is 10.4 Å². The summed E-state index contributed by atoms with van der Waals surface area (Å²) in [7, 11) is 0. The predicted octanol–water partition coefficient (Wildman–Crippen LogP) is 1.24. The van der Waals surface area contributed by atoms with E-state index in [0.29, 0.717) is 12.3 Å². The number of carbonyl (C=O) groups is 1. The number of hydrogen-bond acceptors (Lipinski definition) is 4. The topological polar surface area (TPSA) is 62.2 Å². The van der Waals surface area contributed by atoms with Gasteiger partial charge in [0.05, 0.1) is 5.03 Å². The van der Waals surface area contributed by atoms with Crippen LogP contribution >= 0.6 is 11.8 Å². The number of pyridine rings is 1. The third-order valence-corrected chi connectivity index (χ3v) is 2.82. The lowest BCUT2D eigenvalue weighted by Gasteiger charge is -2.11. The largest absolute Gasteiger partial charge is 0.480 e. The van der Waals surface area contributed by atoms with Gasteiger partial charge in [0.1, 0.15) is 6.04 Å². The summed E-state index contributed by atoms with van der Waals surface area (Å²) >= 11 is 1.44. The second-order valence-corrected chi connectivity index (χ2v) is 3.97. The molecule has 1 aromatic rings. The molecule has 0 spiro atoms. The van der Waals surface area contributed by atoms with E-state index in [1.165, 1.54) is 11.8 Å². The minimum Gasteiger partial charge on any atom is -0.480 e. The van der Waals surface area contributed by atoms with Crippen LogP contribution < -0.4 is 5.32 Å². The van der Waals surface area contributed by atoms with E-state index in [1.807, 2.05) is 25.1 Å². The standard InChI is InChI=1S/C10H14N2O2S/c1-2-11-8(10(13)14)7-15-9-5-3-4-6-12-9/h3-6,8,11H,2,7H2,1H3,(H,13,14). The lowest BCUT2D eigenvalue weighted by Crippen LogP contribution is -2.38. The van der Waals surface area contributed by atoms with E-state index in [2.05, 4.69) is 10.3 Å². The SMILES string of the molecule is CCNC(CSc1ccccn1)C(=O)O. The smallest absolute Gasteiger partial charge is 0.321 e. The second-order valence-electron chi connectivity index (χ2n) is 2.93. The molecule has 0 aliphatic rings. The molecule has 15 heavy (non-hydrogen) atoms. The van der Waals surface area contributed by atoms with Crippen molar-refractivity contribution in [1.82, 2.24) is 10.3 Å². The van der Waals surface area contributed by atoms with Gasteiger partial charge in [-0.25, -0.2) is 4.98 Å². The first-order valence-corrected chi connectivity index (χ1v) is 5.72. The summed E-state index contributed by atoms with van der Waals surface area (Å²) in [5.74, 6) is -0.333. The van der Waals surface area contributed by atoms with Crippen LogP contribution in [0.3, 0.4) is 0 Å². The highest BCUT2D eigenvalue weighted by Crippen LogP contribution is 2.14. The lowest BCUT2D eigenvalue weighted by molar-refractivity contribution is -0.138. The molecule has 0 bridgehead atoms. The molecule has 1 unspecified atom stereocenters. The molecular formula is C10H14N2O2S. The number of nitrogens with zero attached hydrogens (tertiary/aromatic N) is 1. The Kier molecular flexibility index (Phi) is 5.14. The quantitative estimate of drug-likeness (QED) is 0.714. The summed E-state index contributed by atoms with van der Waals surface area (Å²) < 4.78 is 0. The van der Waals surface area contributed by atoms with Crippen LogP contribution in [0.5, 0.6) is 0 Å². The van der Waals surface area contributed by atoms with Crippen LogP contribution in [0, 0.1) is 0 Å². The number of hydrogen-bond donors (Lipinski definition) is 2. The zero-order chi connectivity index (χ0) is 11.1. The molecule has 1 aromatic heterocycles. The highest BCUT2D eigenvalue weighted by Gasteiger charge is 2.15. The van der Waals surface area contributed by atoms with Crippen molar-refractivity contribution in [2.24, 2.45) is 0 Å². The van der Waals surface area contributed by atoms with E-state index in [0.717, 1.165) is 5.03 Å². The third-order valence-electron chi connectivity index (χ3n) is 1.78. The minimum absolute atomic E-state index is 0.486. The van der Waals surface area contributed by atoms with E-state index in [1.54, 1.807) is 6.20 Å². The zero-order valence-electron chi connectivity index (χ0n) is 8.51. The number of aliphatic carboxylic acids is 1. The number of nitrogens with one attached hydrogen (secondary N) is 1. The maximum atomic E-state index is 10.8. The fraction of sp³-hybridized carbons (Fsp3) is 0.400. The molecule has 82 valence electrons. The average molecular weight is 226 g/mol. The van der Waals surface area contributed by atoms with Crippen molar-refractivity contribution in [2.75, 3.05) is 12.3 Å². The average Bonchev–Trinajstić information content (AvgIpc) is 2.25. The van der Waals surface area contributed by atoms with E-state index >= 15 is 0 Å². The van der Waals surface area contributed by atoms with Crippen molar-refractivity contribution >= 4 is 17.7 Å². The van der Waals surface area contributed by atoms with Crippen LogP contribution in [0.25, 0.3) is 0 Å². The summed E-state index contributed by atoms with van der Waals surface area (Å²) in [4.78, 5) is 14.9. The Labute approximate surface area is 93.1 Å². The van der Waals surface area contributed by atoms with Gasteiger partial charge in [0.25, 0.3) is 0 Å². The molecule has 5 heteroatoms. The first-order chi connectivity index (χ1) is 7.24. The molecule has 0 saturated heterocycles. The molecular weight excluding hydrogens is 212 g/mol. The van der Waals surface area contributed by atoms with Crippen molar-refractivity contribution in [3.05, 3.63) is 24.4 Å². The Balaban J connectivity index is 2.43. The molecule has 0 amide bonds. The Bertz CT molecular complexity index is 306. The van der Waals surface area contributed by atoms with Crippen LogP contribution in [-0.4, -0.2) is 34.4 Å². The fourth-order valence-corrected chi connectivity index (χ4v) is 1.97. The number of thioether (sulfide) groups is 1. The summed E-state index contributed by atoms with van der Waals surface area (Å²) in [6, 6.07) is 5.08. The third kappa shape index (κ3) is 4.31. The molecule has 0 aromatic carbocycles. The molecule has 0 fully saturated rings. The van der Waals surface area contributed by atoms with Gasteiger partial charge in [-0.15, -0.1) is 11.8 Å². The summed E-state index contributed by atoms with van der Waals surface area (Å²) in [5.41, 5.74) is 0. The van der Waals surface area contributed by atoms with Crippen LogP contribution in [0.1, 0.15) is 6.92 Å². The van der Waals surface area contributed by atoms with Gasteiger partial charge >= 0.3 is 5.97 Å². The predicted molar refractivity (Wildman–Crippen MR) is 60.1 cm³/mol. The number of carboxylic acids is 1. The Morgan fingerprint density at radius 3 is 3.00 bits per heavy atom. The number of likely N-dealkylation sites (N-methyl/N-ethyl adjacent to an activating group) is 1. The van der Waals surface area contributed by atoms with Crippen LogP contribution in [0.15, 0.2) is 29.4 Å². The van der Waals surface area contributed by atoms with Crippen LogP contribution in [0.2, 0.25) is 0 Å². The molecule has 2 N–H and O–H groups in total. The van der Waals surface area contributed by atoms with Crippen molar-refractivity contribution in [3.8, 4) is 0 Å². The lowest BCUT2D eigenvalue weighted by atomic mass is 10.3. The summed E-state index contributed by atoms with van der Waals surface area (Å²) in [5, 5.41) is 12.6. The minimum atomic E-state index is -0.819. The van der Waals surface area contributed by atoms with E-state index in [-0.39, 0.29) is 0 Å². The van der Waals surface area contributed by atoms with Crippen molar-refractivity contribution in [3.63, 3.8) is 0 Å². The van der Waals surface area contributed by atoms with Gasteiger partial charge in [-0.3, -0.25) is 4.79 Å². The highest BCUT2D eigenvalue weighted by atomic mass is 32.2. The maximum absolute atomic E-state index is 10.8. The molecule has 0 saturated carbocycles. The first-order valence-electron chi connectivity index (χ1n) is 4.74. The summed E-state index contributed by atoms with van der Waals surface area (Å²) in [6.07, 6.45) is 1.70. The van der Waals surface area contributed by atoms with Crippen LogP contribution in [0.4, 0.5) is 0 Å². The van der Waals surface area contributed by atoms with Gasteiger partial charge in [-0.2, -0.15) is 0 Å². The van der Waals surface area contributed by atoms with E-state index in [4.69, 9.17) is 5.11 Å². The molecule has 1 heterocycles. The monoisotopic (exact) mass is 226 g/mol. The fourth-order valence-electron chi connectivity index (χ4n) is 1.07. The van der Waals surface area contributed by atoms with Gasteiger partial charge in [-0.05, 0) is 18.7 Å². The zero-order valence-corrected chi connectivity index (χ0v) is 9.33. The maximum Gasteiger partial charge on any atom is 0.321 e. The molecule has 4 nitrogen and oxygen atoms in total. The van der Waals surface area contributed by atoms with Gasteiger partial charge in [0.15, 0.2) is 0 Å².